The molecule has 56 valence electrons. The summed E-state index contributed by atoms with van der Waals surface area (Å²) in [6.45, 7) is 2.28. The van der Waals surface area contributed by atoms with Crippen LogP contribution in [0.15, 0.2) is 0 Å². The van der Waals surface area contributed by atoms with Crippen molar-refractivity contribution in [2.45, 2.75) is 25.8 Å². The number of carbonyl (C=O) groups excluding carboxylic acids is 2. The molecule has 1 heterocycles. The van der Waals surface area contributed by atoms with E-state index in [-0.39, 0.29) is 11.8 Å². The fourth-order valence-electron chi connectivity index (χ4n) is 1.35. The van der Waals surface area contributed by atoms with Crippen molar-refractivity contribution < 1.29 is 9.59 Å². The lowest BCUT2D eigenvalue weighted by Crippen LogP contribution is -2.33. The van der Waals surface area contributed by atoms with Gasteiger partial charge in [-0.2, -0.15) is 0 Å². The van der Waals surface area contributed by atoms with Crippen LogP contribution in [0.2, 0.25) is 0 Å². The van der Waals surface area contributed by atoms with Crippen LogP contribution in [-0.2, 0) is 9.59 Å². The van der Waals surface area contributed by atoms with Gasteiger partial charge in [0.25, 0.3) is 0 Å². The molecular weight excluding hydrogens is 130 g/mol. The molecule has 0 aromatic heterocycles. The van der Waals surface area contributed by atoms with Crippen molar-refractivity contribution in [2.24, 2.45) is 0 Å². The lowest BCUT2D eigenvalue weighted by molar-refractivity contribution is -0.128. The zero-order valence-corrected chi connectivity index (χ0v) is 6.04. The Morgan fingerprint density at radius 2 is 2.40 bits per heavy atom. The van der Waals surface area contributed by atoms with Crippen molar-refractivity contribution >= 4 is 12.2 Å². The van der Waals surface area contributed by atoms with Crippen LogP contribution in [0.25, 0.3) is 0 Å². The van der Waals surface area contributed by atoms with E-state index in [0.29, 0.717) is 0 Å². The third-order valence-electron chi connectivity index (χ3n) is 1.90. The van der Waals surface area contributed by atoms with Crippen molar-refractivity contribution in [3.63, 3.8) is 0 Å². The predicted octanol–water partition coefficient (Wildman–Crippen LogP) is 0.196. The van der Waals surface area contributed by atoms with E-state index >= 15 is 0 Å². The summed E-state index contributed by atoms with van der Waals surface area (Å²) in [5.41, 5.74) is 0. The van der Waals surface area contributed by atoms with Crippen molar-refractivity contribution in [1.29, 1.82) is 0 Å². The van der Waals surface area contributed by atoms with Crippen molar-refractivity contribution in [2.75, 3.05) is 6.54 Å². The average molecular weight is 141 g/mol. The van der Waals surface area contributed by atoms with Crippen LogP contribution in [-0.4, -0.2) is 29.7 Å². The number of hydrogen-bond acceptors (Lipinski definition) is 2. The molecule has 0 unspecified atom stereocenters. The molecule has 1 amide bonds. The van der Waals surface area contributed by atoms with E-state index in [1.54, 1.807) is 4.90 Å². The van der Waals surface area contributed by atoms with Gasteiger partial charge >= 0.3 is 0 Å². The van der Waals surface area contributed by atoms with Gasteiger partial charge in [0, 0.05) is 6.54 Å². The zero-order valence-electron chi connectivity index (χ0n) is 6.04. The Kier molecular flexibility index (Phi) is 2.04. The van der Waals surface area contributed by atoms with Crippen LogP contribution in [0.1, 0.15) is 19.8 Å². The first-order valence-electron chi connectivity index (χ1n) is 3.47. The van der Waals surface area contributed by atoms with Gasteiger partial charge in [-0.25, -0.2) is 0 Å². The van der Waals surface area contributed by atoms with E-state index in [1.165, 1.54) is 6.92 Å². The third-order valence-corrected chi connectivity index (χ3v) is 1.90. The Labute approximate surface area is 60.0 Å². The molecule has 3 heteroatoms. The lowest BCUT2D eigenvalue weighted by Gasteiger charge is -2.15. The molecule has 0 N–H and O–H groups in total. The van der Waals surface area contributed by atoms with E-state index in [2.05, 4.69) is 0 Å². The number of likely N-dealkylation sites (tertiary alicyclic amines) is 1. The second-order valence-corrected chi connectivity index (χ2v) is 2.61. The second kappa shape index (κ2) is 2.82. The Bertz CT molecular complexity index is 156. The van der Waals surface area contributed by atoms with E-state index < -0.39 is 0 Å². The predicted molar refractivity (Wildman–Crippen MR) is 36.5 cm³/mol. The zero-order chi connectivity index (χ0) is 7.56. The minimum Gasteiger partial charge on any atom is -0.335 e. The lowest BCUT2D eigenvalue weighted by atomic mass is 10.1. The Hall–Kier alpha value is -0.860. The van der Waals surface area contributed by atoms with Gasteiger partial charge in [-0.15, -0.1) is 0 Å². The topological polar surface area (TPSA) is 37.4 Å². The summed E-state index contributed by atoms with van der Waals surface area (Å²) >= 11 is 0. The van der Waals surface area contributed by atoms with Gasteiger partial charge in [0.1, 0.15) is 0 Å². The quantitative estimate of drug-likeness (QED) is 0.515. The highest BCUT2D eigenvalue weighted by molar-refractivity contribution is 5.83. The summed E-state index contributed by atoms with van der Waals surface area (Å²) in [5.74, 6) is 0.101. The fraction of sp³-hybridized carbons (Fsp3) is 0.714. The molecule has 0 radical (unpaired) electrons. The standard InChI is InChI=1S/C7H11NO2/c1-6(10)7-3-2-4-8(7)5-9/h5,7H,2-4H2,1H3/t7-/m1/s1. The maximum Gasteiger partial charge on any atom is 0.210 e. The first-order chi connectivity index (χ1) is 4.75. The average Bonchev–Trinajstić information content (AvgIpc) is 2.33. The summed E-state index contributed by atoms with van der Waals surface area (Å²) in [5, 5.41) is 0. The molecule has 0 aromatic carbocycles. The molecular formula is C7H11NO2. The van der Waals surface area contributed by atoms with Crippen LogP contribution in [0, 0.1) is 0 Å². The summed E-state index contributed by atoms with van der Waals surface area (Å²) in [4.78, 5) is 22.7. The largest absolute Gasteiger partial charge is 0.335 e. The summed E-state index contributed by atoms with van der Waals surface area (Å²) in [6.07, 6.45) is 2.57. The molecule has 1 saturated heterocycles. The number of nitrogens with zero attached hydrogens (tertiary/aromatic N) is 1. The first kappa shape index (κ1) is 7.25. The molecule has 1 atom stereocenters. The number of Topliss-reactive ketones (excluding diaryl/α,β-unsaturated/α-hetero) is 1. The molecule has 10 heavy (non-hydrogen) atoms. The van der Waals surface area contributed by atoms with Crippen LogP contribution < -0.4 is 0 Å². The van der Waals surface area contributed by atoms with Crippen LogP contribution in [0.3, 0.4) is 0 Å². The normalized spacial score (nSPS) is 24.9. The maximum atomic E-state index is 10.8. The summed E-state index contributed by atoms with van der Waals surface area (Å²) in [7, 11) is 0. The SMILES string of the molecule is CC(=O)[C@H]1CCCN1C=O. The first-order valence-corrected chi connectivity index (χ1v) is 3.47. The van der Waals surface area contributed by atoms with Crippen LogP contribution in [0.4, 0.5) is 0 Å². The van der Waals surface area contributed by atoms with Gasteiger partial charge in [0.15, 0.2) is 5.78 Å². The van der Waals surface area contributed by atoms with Crippen molar-refractivity contribution in [3.05, 3.63) is 0 Å². The molecule has 0 aliphatic carbocycles. The van der Waals surface area contributed by atoms with E-state index in [0.717, 1.165) is 25.8 Å². The number of carbonyl (C=O) groups is 2. The number of rotatable bonds is 2. The number of ketones is 1. The van der Waals surface area contributed by atoms with Gasteiger partial charge in [-0.05, 0) is 19.8 Å². The highest BCUT2D eigenvalue weighted by Gasteiger charge is 2.26. The third kappa shape index (κ3) is 1.17. The molecule has 1 aliphatic heterocycles. The summed E-state index contributed by atoms with van der Waals surface area (Å²) in [6, 6.07) is -0.127. The van der Waals surface area contributed by atoms with Crippen LogP contribution >= 0.6 is 0 Å². The maximum absolute atomic E-state index is 10.8. The van der Waals surface area contributed by atoms with Crippen molar-refractivity contribution in [1.82, 2.24) is 4.90 Å². The van der Waals surface area contributed by atoms with E-state index in [9.17, 15) is 9.59 Å². The van der Waals surface area contributed by atoms with Gasteiger partial charge in [-0.3, -0.25) is 9.59 Å². The van der Waals surface area contributed by atoms with Crippen LogP contribution in [0.5, 0.6) is 0 Å². The molecule has 1 aliphatic rings. The monoisotopic (exact) mass is 141 g/mol. The van der Waals surface area contributed by atoms with Gasteiger partial charge in [0.2, 0.25) is 6.41 Å². The molecule has 1 rings (SSSR count). The highest BCUT2D eigenvalue weighted by atomic mass is 16.1. The Balaban J connectivity index is 2.58. The molecule has 1 fully saturated rings. The number of amides is 1. The van der Waals surface area contributed by atoms with Gasteiger partial charge in [-0.1, -0.05) is 0 Å². The van der Waals surface area contributed by atoms with E-state index in [1.807, 2.05) is 0 Å². The number of hydrogen-bond donors (Lipinski definition) is 0. The van der Waals surface area contributed by atoms with E-state index in [4.69, 9.17) is 0 Å². The highest BCUT2D eigenvalue weighted by Crippen LogP contribution is 2.15. The molecule has 3 nitrogen and oxygen atoms in total. The van der Waals surface area contributed by atoms with Crippen molar-refractivity contribution in [3.8, 4) is 0 Å². The van der Waals surface area contributed by atoms with Gasteiger partial charge < -0.3 is 4.90 Å². The summed E-state index contributed by atoms with van der Waals surface area (Å²) < 4.78 is 0. The molecule has 0 saturated carbocycles. The Morgan fingerprint density at radius 1 is 1.70 bits per heavy atom. The minimum atomic E-state index is -0.127. The smallest absolute Gasteiger partial charge is 0.210 e. The molecule has 0 aromatic rings. The Morgan fingerprint density at radius 3 is 2.80 bits per heavy atom. The fourth-order valence-corrected chi connectivity index (χ4v) is 1.35. The second-order valence-electron chi connectivity index (χ2n) is 2.61. The van der Waals surface area contributed by atoms with Gasteiger partial charge in [0.05, 0.1) is 6.04 Å². The molecule has 0 spiro atoms. The molecule has 0 bridgehead atoms. The minimum absolute atomic E-state index is 0.101.